The van der Waals surface area contributed by atoms with Crippen molar-refractivity contribution in [3.63, 3.8) is 0 Å². The van der Waals surface area contributed by atoms with Crippen molar-refractivity contribution >= 4 is 43.2 Å². The monoisotopic (exact) mass is 359 g/mol. The van der Waals surface area contributed by atoms with Crippen LogP contribution in [0.2, 0.25) is 0 Å². The molecule has 0 amide bonds. The Kier molecular flexibility index (Phi) is 3.85. The predicted octanol–water partition coefficient (Wildman–Crippen LogP) is 4.63. The highest BCUT2D eigenvalue weighted by Crippen LogP contribution is 2.32. The van der Waals surface area contributed by atoms with Gasteiger partial charge in [-0.1, -0.05) is 28.1 Å². The predicted molar refractivity (Wildman–Crippen MR) is 76.9 cm³/mol. The van der Waals surface area contributed by atoms with Crippen LogP contribution in [0.3, 0.4) is 0 Å². The third-order valence-electron chi connectivity index (χ3n) is 2.49. The van der Waals surface area contributed by atoms with E-state index in [2.05, 4.69) is 57.0 Å². The molecule has 0 aliphatic rings. The van der Waals surface area contributed by atoms with Gasteiger partial charge in [0.05, 0.1) is 9.83 Å². The summed E-state index contributed by atoms with van der Waals surface area (Å²) in [5.41, 5.74) is 8.58. The highest BCUT2D eigenvalue weighted by Gasteiger charge is 2.13. The van der Waals surface area contributed by atoms with E-state index in [4.69, 9.17) is 5.73 Å². The van der Waals surface area contributed by atoms with Gasteiger partial charge in [-0.25, -0.2) is 0 Å². The minimum Gasteiger partial charge on any atom is -0.320 e. The standard InChI is InChI=1S/C12H11Br2NS/c1-7-10(6-11(14)16-7)12(15)8-2-4-9(13)5-3-8/h2-6,12H,15H2,1H3. The maximum Gasteiger partial charge on any atom is 0.0704 e. The molecule has 84 valence electrons. The van der Waals surface area contributed by atoms with E-state index in [0.717, 1.165) is 13.8 Å². The fourth-order valence-electron chi connectivity index (χ4n) is 1.62. The average Bonchev–Trinajstić information content (AvgIpc) is 2.58. The molecule has 0 bridgehead atoms. The topological polar surface area (TPSA) is 26.0 Å². The van der Waals surface area contributed by atoms with E-state index >= 15 is 0 Å². The van der Waals surface area contributed by atoms with Crippen molar-refractivity contribution < 1.29 is 0 Å². The number of rotatable bonds is 2. The molecule has 1 unspecified atom stereocenters. The minimum absolute atomic E-state index is 0.0457. The first kappa shape index (κ1) is 12.3. The van der Waals surface area contributed by atoms with Gasteiger partial charge in [-0.3, -0.25) is 0 Å². The number of aryl methyl sites for hydroxylation is 1. The van der Waals surface area contributed by atoms with Gasteiger partial charge >= 0.3 is 0 Å². The molecule has 4 heteroatoms. The Balaban J connectivity index is 2.35. The lowest BCUT2D eigenvalue weighted by Gasteiger charge is -2.11. The Hall–Kier alpha value is -0.160. The Morgan fingerprint density at radius 3 is 2.31 bits per heavy atom. The molecule has 0 aliphatic carbocycles. The van der Waals surface area contributed by atoms with Gasteiger partial charge < -0.3 is 5.73 Å². The molecule has 0 radical (unpaired) electrons. The molecular formula is C12H11Br2NS. The molecule has 0 aliphatic heterocycles. The van der Waals surface area contributed by atoms with Gasteiger partial charge in [-0.15, -0.1) is 11.3 Å². The van der Waals surface area contributed by atoms with Gasteiger partial charge in [0.15, 0.2) is 0 Å². The SMILES string of the molecule is Cc1sc(Br)cc1C(N)c1ccc(Br)cc1. The van der Waals surface area contributed by atoms with Crippen LogP contribution in [0.4, 0.5) is 0 Å². The molecule has 0 saturated carbocycles. The van der Waals surface area contributed by atoms with Crippen LogP contribution in [-0.2, 0) is 0 Å². The molecule has 2 N–H and O–H groups in total. The van der Waals surface area contributed by atoms with Crippen LogP contribution in [-0.4, -0.2) is 0 Å². The van der Waals surface area contributed by atoms with Crippen LogP contribution < -0.4 is 5.73 Å². The molecule has 16 heavy (non-hydrogen) atoms. The van der Waals surface area contributed by atoms with E-state index < -0.39 is 0 Å². The van der Waals surface area contributed by atoms with Gasteiger partial charge in [-0.05, 0) is 52.2 Å². The Bertz CT molecular complexity index is 490. The van der Waals surface area contributed by atoms with Gasteiger partial charge in [0.1, 0.15) is 0 Å². The number of halogens is 2. The number of hydrogen-bond donors (Lipinski definition) is 1. The van der Waals surface area contributed by atoms with Crippen molar-refractivity contribution in [1.29, 1.82) is 0 Å². The van der Waals surface area contributed by atoms with E-state index in [1.165, 1.54) is 10.4 Å². The maximum absolute atomic E-state index is 6.25. The number of thiophene rings is 1. The quantitative estimate of drug-likeness (QED) is 0.830. The Morgan fingerprint density at radius 1 is 1.19 bits per heavy atom. The Labute approximate surface area is 116 Å². The number of hydrogen-bond acceptors (Lipinski definition) is 2. The van der Waals surface area contributed by atoms with Crippen molar-refractivity contribution in [2.45, 2.75) is 13.0 Å². The third kappa shape index (κ3) is 2.56. The second-order valence-corrected chi connectivity index (χ2v) is 7.14. The molecule has 0 saturated heterocycles. The van der Waals surface area contributed by atoms with Crippen molar-refractivity contribution in [3.8, 4) is 0 Å². The number of benzene rings is 1. The molecule has 2 aromatic rings. The lowest BCUT2D eigenvalue weighted by molar-refractivity contribution is 0.868. The summed E-state index contributed by atoms with van der Waals surface area (Å²) in [5, 5.41) is 0. The maximum atomic E-state index is 6.25. The lowest BCUT2D eigenvalue weighted by Crippen LogP contribution is -2.11. The molecule has 0 fully saturated rings. The van der Waals surface area contributed by atoms with Crippen LogP contribution in [0.15, 0.2) is 38.6 Å². The fraction of sp³-hybridized carbons (Fsp3) is 0.167. The van der Waals surface area contributed by atoms with Gasteiger partial charge in [0.25, 0.3) is 0 Å². The molecule has 0 spiro atoms. The molecule has 1 atom stereocenters. The first-order valence-electron chi connectivity index (χ1n) is 4.85. The Morgan fingerprint density at radius 2 is 1.81 bits per heavy atom. The largest absolute Gasteiger partial charge is 0.320 e. The summed E-state index contributed by atoms with van der Waals surface area (Å²) in [6, 6.07) is 10.2. The van der Waals surface area contributed by atoms with Crippen molar-refractivity contribution in [2.24, 2.45) is 5.73 Å². The van der Waals surface area contributed by atoms with Crippen molar-refractivity contribution in [2.75, 3.05) is 0 Å². The van der Waals surface area contributed by atoms with Crippen molar-refractivity contribution in [3.05, 3.63) is 54.6 Å². The van der Waals surface area contributed by atoms with Crippen LogP contribution in [0.5, 0.6) is 0 Å². The smallest absolute Gasteiger partial charge is 0.0704 e. The van der Waals surface area contributed by atoms with E-state index in [-0.39, 0.29) is 6.04 Å². The van der Waals surface area contributed by atoms with Gasteiger partial charge in [-0.2, -0.15) is 0 Å². The summed E-state index contributed by atoms with van der Waals surface area (Å²) in [4.78, 5) is 1.27. The number of nitrogens with two attached hydrogens (primary N) is 1. The average molecular weight is 361 g/mol. The zero-order valence-electron chi connectivity index (χ0n) is 8.71. The third-order valence-corrected chi connectivity index (χ3v) is 4.59. The summed E-state index contributed by atoms with van der Waals surface area (Å²) >= 11 is 8.64. The highest BCUT2D eigenvalue weighted by molar-refractivity contribution is 9.11. The minimum atomic E-state index is -0.0457. The van der Waals surface area contributed by atoms with E-state index in [1.54, 1.807) is 11.3 Å². The van der Waals surface area contributed by atoms with Crippen LogP contribution in [0, 0.1) is 6.92 Å². The molecule has 1 aromatic heterocycles. The van der Waals surface area contributed by atoms with Crippen molar-refractivity contribution in [1.82, 2.24) is 0 Å². The summed E-state index contributed by atoms with van der Waals surface area (Å²) in [5.74, 6) is 0. The van der Waals surface area contributed by atoms with Gasteiger partial charge in [0, 0.05) is 9.35 Å². The first-order valence-corrected chi connectivity index (χ1v) is 7.25. The summed E-state index contributed by atoms with van der Waals surface area (Å²) in [7, 11) is 0. The normalized spacial score (nSPS) is 12.8. The van der Waals surface area contributed by atoms with Crippen LogP contribution >= 0.6 is 43.2 Å². The zero-order chi connectivity index (χ0) is 11.7. The molecular weight excluding hydrogens is 350 g/mol. The molecule has 2 rings (SSSR count). The fourth-order valence-corrected chi connectivity index (χ4v) is 3.64. The molecule has 1 nitrogen and oxygen atoms in total. The lowest BCUT2D eigenvalue weighted by atomic mass is 10.0. The van der Waals surface area contributed by atoms with Crippen LogP contribution in [0.1, 0.15) is 22.0 Å². The van der Waals surface area contributed by atoms with E-state index in [1.807, 2.05) is 12.1 Å². The first-order chi connectivity index (χ1) is 7.58. The van der Waals surface area contributed by atoms with Gasteiger partial charge in [0.2, 0.25) is 0 Å². The van der Waals surface area contributed by atoms with E-state index in [0.29, 0.717) is 0 Å². The van der Waals surface area contributed by atoms with E-state index in [9.17, 15) is 0 Å². The second kappa shape index (κ2) is 5.00. The summed E-state index contributed by atoms with van der Waals surface area (Å²) < 4.78 is 2.21. The zero-order valence-corrected chi connectivity index (χ0v) is 12.7. The van der Waals surface area contributed by atoms with Crippen LogP contribution in [0.25, 0.3) is 0 Å². The molecule has 1 aromatic carbocycles. The molecule has 1 heterocycles. The summed E-state index contributed by atoms with van der Waals surface area (Å²) in [6.45, 7) is 2.10. The summed E-state index contributed by atoms with van der Waals surface area (Å²) in [6.07, 6.45) is 0. The highest BCUT2D eigenvalue weighted by atomic mass is 79.9. The second-order valence-electron chi connectivity index (χ2n) is 3.59.